The molecule has 0 atom stereocenters. The van der Waals surface area contributed by atoms with E-state index in [-0.39, 0.29) is 6.42 Å². The van der Waals surface area contributed by atoms with Crippen LogP contribution in [0, 0.1) is 0 Å². The first-order valence-corrected chi connectivity index (χ1v) is 8.78. The average Bonchev–Trinajstić information content (AvgIpc) is 3.11. The SMILES string of the molecule is NC(=O)Cc1c(-c2csc(C(=O)CC(=O)O)c2)sc2ccccc12. The Morgan fingerprint density at radius 3 is 2.62 bits per heavy atom. The van der Waals surface area contributed by atoms with Crippen molar-refractivity contribution >= 4 is 50.4 Å². The first-order chi connectivity index (χ1) is 11.5. The number of nitrogens with two attached hydrogens (primary N) is 1. The summed E-state index contributed by atoms with van der Waals surface area (Å²) >= 11 is 2.74. The zero-order valence-corrected chi connectivity index (χ0v) is 14.1. The van der Waals surface area contributed by atoms with E-state index in [4.69, 9.17) is 10.8 Å². The molecule has 0 fully saturated rings. The Hall–Kier alpha value is -2.51. The molecule has 2 aromatic heterocycles. The van der Waals surface area contributed by atoms with Gasteiger partial charge in [0.2, 0.25) is 5.91 Å². The van der Waals surface area contributed by atoms with Gasteiger partial charge in [-0.1, -0.05) is 18.2 Å². The van der Waals surface area contributed by atoms with Gasteiger partial charge in [0.1, 0.15) is 6.42 Å². The number of carboxylic acid groups (broad SMARTS) is 1. The predicted molar refractivity (Wildman–Crippen MR) is 94.6 cm³/mol. The summed E-state index contributed by atoms with van der Waals surface area (Å²) in [4.78, 5) is 35.3. The van der Waals surface area contributed by atoms with Gasteiger partial charge in [-0.05, 0) is 23.1 Å². The Morgan fingerprint density at radius 1 is 1.17 bits per heavy atom. The summed E-state index contributed by atoms with van der Waals surface area (Å²) in [5.41, 5.74) is 7.04. The number of fused-ring (bicyclic) bond motifs is 1. The van der Waals surface area contributed by atoms with E-state index in [9.17, 15) is 14.4 Å². The smallest absolute Gasteiger partial charge is 0.311 e. The van der Waals surface area contributed by atoms with Gasteiger partial charge in [-0.15, -0.1) is 22.7 Å². The second-order valence-electron chi connectivity index (χ2n) is 5.24. The Balaban J connectivity index is 2.06. The minimum absolute atomic E-state index is 0.119. The lowest BCUT2D eigenvalue weighted by molar-refractivity contribution is -0.135. The molecule has 0 spiro atoms. The van der Waals surface area contributed by atoms with E-state index in [1.54, 1.807) is 6.07 Å². The molecule has 0 bridgehead atoms. The van der Waals surface area contributed by atoms with Crippen molar-refractivity contribution in [1.29, 1.82) is 0 Å². The molecular formula is C17H13NO4S2. The molecule has 1 amide bonds. The van der Waals surface area contributed by atoms with E-state index in [2.05, 4.69) is 0 Å². The van der Waals surface area contributed by atoms with Crippen LogP contribution in [0.2, 0.25) is 0 Å². The minimum Gasteiger partial charge on any atom is -0.481 e. The largest absolute Gasteiger partial charge is 0.481 e. The number of carbonyl (C=O) groups is 3. The lowest BCUT2D eigenvalue weighted by Crippen LogP contribution is -2.13. The number of carboxylic acids is 1. The number of primary amides is 1. The van der Waals surface area contributed by atoms with Gasteiger partial charge < -0.3 is 10.8 Å². The van der Waals surface area contributed by atoms with Gasteiger partial charge in [0.15, 0.2) is 5.78 Å². The fourth-order valence-corrected chi connectivity index (χ4v) is 4.63. The molecule has 0 aliphatic rings. The molecular weight excluding hydrogens is 346 g/mol. The molecule has 5 nitrogen and oxygen atoms in total. The quantitative estimate of drug-likeness (QED) is 0.521. The molecule has 122 valence electrons. The molecule has 3 N–H and O–H groups in total. The van der Waals surface area contributed by atoms with Crippen LogP contribution in [0.15, 0.2) is 35.7 Å². The summed E-state index contributed by atoms with van der Waals surface area (Å²) in [6.45, 7) is 0. The van der Waals surface area contributed by atoms with Gasteiger partial charge >= 0.3 is 5.97 Å². The van der Waals surface area contributed by atoms with E-state index < -0.39 is 24.1 Å². The van der Waals surface area contributed by atoms with Crippen molar-refractivity contribution in [3.63, 3.8) is 0 Å². The molecule has 0 radical (unpaired) electrons. The molecule has 0 saturated heterocycles. The van der Waals surface area contributed by atoms with Crippen molar-refractivity contribution in [3.05, 3.63) is 46.2 Å². The Kier molecular flexibility index (Phi) is 4.46. The number of hydrogen-bond acceptors (Lipinski definition) is 5. The van der Waals surface area contributed by atoms with Crippen LogP contribution in [0.3, 0.4) is 0 Å². The zero-order chi connectivity index (χ0) is 17.3. The van der Waals surface area contributed by atoms with Gasteiger partial charge in [-0.2, -0.15) is 0 Å². The number of amides is 1. The summed E-state index contributed by atoms with van der Waals surface area (Å²) in [5, 5.41) is 11.5. The van der Waals surface area contributed by atoms with E-state index in [0.717, 1.165) is 26.1 Å². The number of rotatable bonds is 6. The van der Waals surface area contributed by atoms with Crippen molar-refractivity contribution in [1.82, 2.24) is 0 Å². The van der Waals surface area contributed by atoms with Gasteiger partial charge in [-0.25, -0.2) is 0 Å². The topological polar surface area (TPSA) is 97.5 Å². The summed E-state index contributed by atoms with van der Waals surface area (Å²) in [7, 11) is 0. The van der Waals surface area contributed by atoms with Crippen LogP contribution in [0.25, 0.3) is 20.5 Å². The molecule has 0 aliphatic carbocycles. The van der Waals surface area contributed by atoms with Crippen molar-refractivity contribution in [2.24, 2.45) is 5.73 Å². The summed E-state index contributed by atoms with van der Waals surface area (Å²) in [6.07, 6.45) is -0.409. The lowest BCUT2D eigenvalue weighted by Gasteiger charge is -2.00. The second-order valence-corrected chi connectivity index (χ2v) is 7.21. The first kappa shape index (κ1) is 16.4. The number of carbonyl (C=O) groups excluding carboxylic acids is 2. The normalized spacial score (nSPS) is 10.8. The van der Waals surface area contributed by atoms with Crippen LogP contribution in [0.4, 0.5) is 0 Å². The summed E-state index contributed by atoms with van der Waals surface area (Å²) in [5.74, 6) is -1.99. The van der Waals surface area contributed by atoms with Crippen molar-refractivity contribution < 1.29 is 19.5 Å². The molecule has 24 heavy (non-hydrogen) atoms. The van der Waals surface area contributed by atoms with Crippen LogP contribution >= 0.6 is 22.7 Å². The third-order valence-corrected chi connectivity index (χ3v) is 5.73. The highest BCUT2D eigenvalue weighted by molar-refractivity contribution is 7.23. The maximum atomic E-state index is 11.9. The molecule has 2 heterocycles. The molecule has 0 unspecified atom stereocenters. The van der Waals surface area contributed by atoms with Crippen molar-refractivity contribution in [2.45, 2.75) is 12.8 Å². The zero-order valence-electron chi connectivity index (χ0n) is 12.4. The number of thiophene rings is 2. The average molecular weight is 359 g/mol. The van der Waals surface area contributed by atoms with Gasteiger partial charge in [0, 0.05) is 20.5 Å². The van der Waals surface area contributed by atoms with Gasteiger partial charge in [0.05, 0.1) is 11.3 Å². The van der Waals surface area contributed by atoms with Crippen LogP contribution in [-0.4, -0.2) is 22.8 Å². The third kappa shape index (κ3) is 3.22. The van der Waals surface area contributed by atoms with Crippen molar-refractivity contribution in [3.8, 4) is 10.4 Å². The number of Topliss-reactive ketones (excluding diaryl/α,β-unsaturated/α-hetero) is 1. The number of aliphatic carboxylic acids is 1. The number of hydrogen-bond donors (Lipinski definition) is 2. The molecule has 7 heteroatoms. The minimum atomic E-state index is -1.15. The summed E-state index contributed by atoms with van der Waals surface area (Å²) in [6, 6.07) is 9.42. The highest BCUT2D eigenvalue weighted by atomic mass is 32.1. The highest BCUT2D eigenvalue weighted by Gasteiger charge is 2.19. The fourth-order valence-electron chi connectivity index (χ4n) is 2.51. The first-order valence-electron chi connectivity index (χ1n) is 7.08. The van der Waals surface area contributed by atoms with E-state index in [1.165, 1.54) is 22.7 Å². The Labute approximate surface area is 145 Å². The lowest BCUT2D eigenvalue weighted by atomic mass is 10.0. The molecule has 3 aromatic rings. The van der Waals surface area contributed by atoms with Crippen LogP contribution < -0.4 is 5.73 Å². The van der Waals surface area contributed by atoms with E-state index in [1.807, 2.05) is 29.6 Å². The van der Waals surface area contributed by atoms with E-state index in [0.29, 0.717) is 4.88 Å². The monoisotopic (exact) mass is 359 g/mol. The van der Waals surface area contributed by atoms with E-state index >= 15 is 0 Å². The van der Waals surface area contributed by atoms with Crippen LogP contribution in [0.1, 0.15) is 21.7 Å². The van der Waals surface area contributed by atoms with Crippen LogP contribution in [-0.2, 0) is 16.0 Å². The van der Waals surface area contributed by atoms with Crippen LogP contribution in [0.5, 0.6) is 0 Å². The predicted octanol–water partition coefficient (Wildman–Crippen LogP) is 3.32. The maximum absolute atomic E-state index is 11.9. The Bertz CT molecular complexity index is 955. The Morgan fingerprint density at radius 2 is 1.92 bits per heavy atom. The number of ketones is 1. The van der Waals surface area contributed by atoms with Crippen molar-refractivity contribution in [2.75, 3.05) is 0 Å². The number of benzene rings is 1. The molecule has 1 aromatic carbocycles. The third-order valence-electron chi connectivity index (χ3n) is 3.50. The fraction of sp³-hybridized carbons (Fsp3) is 0.118. The highest BCUT2D eigenvalue weighted by Crippen LogP contribution is 2.40. The molecule has 0 aliphatic heterocycles. The molecule has 0 saturated carbocycles. The maximum Gasteiger partial charge on any atom is 0.311 e. The second kappa shape index (κ2) is 6.54. The van der Waals surface area contributed by atoms with Gasteiger partial charge in [-0.3, -0.25) is 14.4 Å². The molecule has 3 rings (SSSR count). The standard InChI is InChI=1S/C17H13NO4S2/c18-15(20)6-11-10-3-1-2-4-13(10)24-17(11)9-5-14(23-8-9)12(19)7-16(21)22/h1-5,8H,6-7H2,(H2,18,20)(H,21,22). The summed E-state index contributed by atoms with van der Waals surface area (Å²) < 4.78 is 1.04. The van der Waals surface area contributed by atoms with Gasteiger partial charge in [0.25, 0.3) is 0 Å².